The lowest BCUT2D eigenvalue weighted by molar-refractivity contribution is -0.919. The van der Waals surface area contributed by atoms with Crippen LogP contribution in [0.25, 0.3) is 28.6 Å². The third kappa shape index (κ3) is 5.93. The molecule has 0 bridgehead atoms. The van der Waals surface area contributed by atoms with E-state index < -0.39 is 0 Å². The SMILES string of the molecule is CC[N+](C)(CC)Cc1ccc(C2=C/C(=C\c3nc4c(ccc[n+]4C)o3)c3ccccc3N2C)cc1.[I-].[I-]. The Balaban J connectivity index is 0.00000190. The highest BCUT2D eigenvalue weighted by Gasteiger charge is 2.23. The molecule has 0 atom stereocenters. The molecule has 0 saturated heterocycles. The zero-order valence-electron chi connectivity index (χ0n) is 22.1. The van der Waals surface area contributed by atoms with Crippen LogP contribution in [0.5, 0.6) is 0 Å². The van der Waals surface area contributed by atoms with Crippen molar-refractivity contribution in [2.24, 2.45) is 7.05 Å². The Morgan fingerprint density at radius 3 is 2.35 bits per heavy atom. The van der Waals surface area contributed by atoms with E-state index in [0.29, 0.717) is 5.89 Å². The number of nitrogens with zero attached hydrogens (tertiary/aromatic N) is 4. The minimum Gasteiger partial charge on any atom is -1.00 e. The molecule has 0 radical (unpaired) electrons. The Morgan fingerprint density at radius 2 is 1.68 bits per heavy atom. The third-order valence-corrected chi connectivity index (χ3v) is 7.39. The summed E-state index contributed by atoms with van der Waals surface area (Å²) in [4.78, 5) is 7.00. The smallest absolute Gasteiger partial charge is 0.370 e. The maximum Gasteiger partial charge on any atom is 0.370 e. The van der Waals surface area contributed by atoms with E-state index in [2.05, 4.69) is 87.4 Å². The molecule has 5 rings (SSSR count). The van der Waals surface area contributed by atoms with Crippen molar-refractivity contribution < 1.29 is 61.4 Å². The van der Waals surface area contributed by atoms with E-state index in [9.17, 15) is 0 Å². The van der Waals surface area contributed by atoms with Crippen LogP contribution in [0.15, 0.2) is 77.4 Å². The lowest BCUT2D eigenvalue weighted by Gasteiger charge is -2.32. The quantitative estimate of drug-likeness (QED) is 0.156. The Bertz CT molecular complexity index is 1440. The molecule has 4 aromatic rings. The molecule has 2 aromatic carbocycles. The van der Waals surface area contributed by atoms with Crippen molar-refractivity contribution >= 4 is 34.3 Å². The van der Waals surface area contributed by atoms with Crippen LogP contribution < -0.4 is 57.4 Å². The van der Waals surface area contributed by atoms with Gasteiger partial charge < -0.3 is 61.8 Å². The number of anilines is 1. The van der Waals surface area contributed by atoms with E-state index in [-0.39, 0.29) is 48.0 Å². The van der Waals surface area contributed by atoms with Crippen molar-refractivity contribution in [3.05, 3.63) is 95.5 Å². The summed E-state index contributed by atoms with van der Waals surface area (Å²) in [6.07, 6.45) is 6.27. The molecule has 0 saturated carbocycles. The largest absolute Gasteiger partial charge is 1.00 e. The number of aryl methyl sites for hydroxylation is 1. The minimum atomic E-state index is 0. The summed E-state index contributed by atoms with van der Waals surface area (Å²) in [6.45, 7) is 7.84. The fraction of sp³-hybridized carbons (Fsp3) is 0.267. The maximum absolute atomic E-state index is 6.06. The van der Waals surface area contributed by atoms with Gasteiger partial charge in [0.05, 0.1) is 33.4 Å². The first kappa shape index (κ1) is 29.3. The van der Waals surface area contributed by atoms with Gasteiger partial charge in [-0.3, -0.25) is 0 Å². The van der Waals surface area contributed by atoms with Gasteiger partial charge in [-0.1, -0.05) is 42.5 Å². The topological polar surface area (TPSA) is 33.1 Å². The van der Waals surface area contributed by atoms with Crippen molar-refractivity contribution in [3.8, 4) is 0 Å². The van der Waals surface area contributed by atoms with Crippen LogP contribution in [-0.4, -0.2) is 36.7 Å². The Morgan fingerprint density at radius 1 is 0.973 bits per heavy atom. The van der Waals surface area contributed by atoms with Crippen LogP contribution >= 0.6 is 0 Å². The van der Waals surface area contributed by atoms with Gasteiger partial charge in [-0.05, 0) is 49.3 Å². The molecule has 7 heteroatoms. The molecule has 194 valence electrons. The van der Waals surface area contributed by atoms with Gasteiger partial charge in [-0.2, -0.15) is 0 Å². The van der Waals surface area contributed by atoms with Gasteiger partial charge in [0.15, 0.2) is 0 Å². The Labute approximate surface area is 254 Å². The summed E-state index contributed by atoms with van der Waals surface area (Å²) < 4.78 is 9.09. The highest BCUT2D eigenvalue weighted by atomic mass is 127. The number of oxazole rings is 1. The number of halogens is 2. The summed E-state index contributed by atoms with van der Waals surface area (Å²) in [5.41, 5.74) is 8.78. The number of aromatic nitrogens is 2. The van der Waals surface area contributed by atoms with Gasteiger partial charge >= 0.3 is 11.5 Å². The second kappa shape index (κ2) is 12.1. The second-order valence-corrected chi connectivity index (χ2v) is 9.67. The van der Waals surface area contributed by atoms with Gasteiger partial charge in [0.25, 0.3) is 0 Å². The van der Waals surface area contributed by atoms with Crippen molar-refractivity contribution in [2.75, 3.05) is 32.1 Å². The Kier molecular flexibility index (Phi) is 9.57. The van der Waals surface area contributed by atoms with Crippen molar-refractivity contribution in [1.82, 2.24) is 4.98 Å². The van der Waals surface area contributed by atoms with Crippen LogP contribution in [0.4, 0.5) is 5.69 Å². The van der Waals surface area contributed by atoms with E-state index in [1.54, 1.807) is 0 Å². The lowest BCUT2D eigenvalue weighted by atomic mass is 9.94. The van der Waals surface area contributed by atoms with Gasteiger partial charge in [0.1, 0.15) is 6.54 Å². The summed E-state index contributed by atoms with van der Waals surface area (Å²) in [5.74, 6) is 0.610. The number of para-hydroxylation sites is 1. The highest BCUT2D eigenvalue weighted by molar-refractivity contribution is 6.02. The molecule has 0 amide bonds. The summed E-state index contributed by atoms with van der Waals surface area (Å²) in [7, 11) is 6.44. The molecular formula is C30H34I2N4O. The molecule has 0 unspecified atom stereocenters. The van der Waals surface area contributed by atoms with Crippen molar-refractivity contribution in [2.45, 2.75) is 20.4 Å². The van der Waals surface area contributed by atoms with Gasteiger partial charge in [-0.15, -0.1) is 0 Å². The normalized spacial score (nSPS) is 14.1. The van der Waals surface area contributed by atoms with E-state index in [1.165, 1.54) is 22.4 Å². The van der Waals surface area contributed by atoms with Gasteiger partial charge in [-0.25, -0.2) is 4.57 Å². The van der Waals surface area contributed by atoms with Gasteiger partial charge in [0, 0.05) is 40.6 Å². The van der Waals surface area contributed by atoms with E-state index >= 15 is 0 Å². The zero-order valence-corrected chi connectivity index (χ0v) is 26.4. The fourth-order valence-corrected chi connectivity index (χ4v) is 4.75. The number of pyridine rings is 1. The summed E-state index contributed by atoms with van der Waals surface area (Å²) >= 11 is 0. The number of benzene rings is 2. The average Bonchev–Trinajstić information content (AvgIpc) is 3.30. The van der Waals surface area contributed by atoms with Crippen LogP contribution in [0.3, 0.4) is 0 Å². The predicted molar refractivity (Wildman–Crippen MR) is 143 cm³/mol. The van der Waals surface area contributed by atoms with E-state index in [4.69, 9.17) is 9.40 Å². The molecule has 0 spiro atoms. The van der Waals surface area contributed by atoms with Crippen LogP contribution in [-0.2, 0) is 13.6 Å². The molecule has 0 aliphatic carbocycles. The predicted octanol–water partition coefficient (Wildman–Crippen LogP) is -0.322. The monoisotopic (exact) mass is 720 g/mol. The molecule has 0 fully saturated rings. The number of rotatable bonds is 6. The van der Waals surface area contributed by atoms with E-state index in [1.807, 2.05) is 36.0 Å². The molecular weight excluding hydrogens is 686 g/mol. The maximum atomic E-state index is 6.06. The molecule has 1 aliphatic rings. The minimum absolute atomic E-state index is 0. The van der Waals surface area contributed by atoms with Gasteiger partial charge in [0.2, 0.25) is 5.58 Å². The number of quaternary nitrogens is 1. The molecule has 5 nitrogen and oxygen atoms in total. The lowest BCUT2D eigenvalue weighted by Crippen LogP contribution is -3.00. The van der Waals surface area contributed by atoms with Crippen LogP contribution in [0.2, 0.25) is 0 Å². The molecule has 1 aliphatic heterocycles. The number of hydrogen-bond acceptors (Lipinski definition) is 3. The first-order valence-electron chi connectivity index (χ1n) is 12.4. The molecule has 2 aromatic heterocycles. The standard InChI is InChI=1S/C30H34N4O.2HI/c1-6-34(5,7-2)21-22-14-16-23(17-15-22)27-19-24(25-11-8-9-12-26(25)33(27)4)20-29-31-30-28(35-29)13-10-18-32(30)3;;/h8-20H,6-7,21H2,1-5H3;2*1H/q+2;;/p-2. The Hall–Kier alpha value is -2.24. The zero-order chi connectivity index (χ0) is 24.6. The molecule has 3 heterocycles. The highest BCUT2D eigenvalue weighted by Crippen LogP contribution is 2.39. The third-order valence-electron chi connectivity index (χ3n) is 7.39. The fourth-order valence-electron chi connectivity index (χ4n) is 4.75. The number of hydrogen-bond donors (Lipinski definition) is 0. The molecule has 37 heavy (non-hydrogen) atoms. The average molecular weight is 720 g/mol. The summed E-state index contributed by atoms with van der Waals surface area (Å²) in [5, 5.41) is 0. The second-order valence-electron chi connectivity index (χ2n) is 9.67. The van der Waals surface area contributed by atoms with Crippen LogP contribution in [0.1, 0.15) is 36.4 Å². The molecule has 0 N–H and O–H groups in total. The first-order chi connectivity index (χ1) is 16.9. The first-order valence-corrected chi connectivity index (χ1v) is 12.4. The van der Waals surface area contributed by atoms with Crippen molar-refractivity contribution in [1.29, 1.82) is 0 Å². The van der Waals surface area contributed by atoms with E-state index in [0.717, 1.165) is 46.6 Å². The van der Waals surface area contributed by atoms with Crippen molar-refractivity contribution in [3.63, 3.8) is 0 Å². The number of allylic oxidation sites excluding steroid dienone is 2. The summed E-state index contributed by atoms with van der Waals surface area (Å²) in [6, 6.07) is 21.5. The number of fused-ring (bicyclic) bond motifs is 2. The van der Waals surface area contributed by atoms with Crippen LogP contribution in [0, 0.1) is 0 Å².